The number of nitrogens with two attached hydrogens (primary N) is 1. The third-order valence-corrected chi connectivity index (χ3v) is 1.95. The molecule has 4 heteroatoms. The van der Waals surface area contributed by atoms with Crippen molar-refractivity contribution in [1.82, 2.24) is 9.61 Å². The molecule has 0 spiro atoms. The second kappa shape index (κ2) is 2.65. The van der Waals surface area contributed by atoms with Gasteiger partial charge in [-0.1, -0.05) is 0 Å². The summed E-state index contributed by atoms with van der Waals surface area (Å²) in [7, 11) is 1.61. The molecule has 2 aromatic heterocycles. The van der Waals surface area contributed by atoms with Gasteiger partial charge in [-0.05, 0) is 19.1 Å². The average Bonchev–Trinajstić information content (AvgIpc) is 2.48. The molecule has 0 fully saturated rings. The molecule has 0 aromatic carbocycles. The van der Waals surface area contributed by atoms with Gasteiger partial charge in [-0.2, -0.15) is 9.61 Å². The minimum atomic E-state index is 0.692. The highest BCUT2D eigenvalue weighted by Crippen LogP contribution is 2.20. The number of rotatable bonds is 1. The molecular formula is C9H11N3O. The maximum Gasteiger partial charge on any atom is 0.214 e. The Morgan fingerprint density at radius 1 is 1.46 bits per heavy atom. The van der Waals surface area contributed by atoms with E-state index >= 15 is 0 Å². The highest BCUT2D eigenvalue weighted by Gasteiger charge is 2.05. The molecule has 2 aromatic rings. The largest absolute Gasteiger partial charge is 0.481 e. The molecule has 0 aliphatic rings. The first-order valence-electron chi connectivity index (χ1n) is 4.01. The third kappa shape index (κ3) is 1.11. The molecule has 4 nitrogen and oxygen atoms in total. The van der Waals surface area contributed by atoms with Gasteiger partial charge >= 0.3 is 0 Å². The van der Waals surface area contributed by atoms with E-state index in [1.165, 1.54) is 0 Å². The summed E-state index contributed by atoms with van der Waals surface area (Å²) >= 11 is 0. The number of anilines is 1. The molecule has 0 aliphatic carbocycles. The fourth-order valence-corrected chi connectivity index (χ4v) is 1.34. The number of hydrogen-bond donors (Lipinski definition) is 1. The van der Waals surface area contributed by atoms with Crippen molar-refractivity contribution < 1.29 is 4.74 Å². The molecule has 68 valence electrons. The molecule has 0 saturated carbocycles. The number of aryl methyl sites for hydroxylation is 1. The van der Waals surface area contributed by atoms with Crippen molar-refractivity contribution in [3.05, 3.63) is 23.9 Å². The molecule has 0 saturated heterocycles. The van der Waals surface area contributed by atoms with Crippen LogP contribution >= 0.6 is 0 Å². The Bertz CT molecular complexity index is 447. The van der Waals surface area contributed by atoms with Crippen LogP contribution in [0.3, 0.4) is 0 Å². The Morgan fingerprint density at radius 2 is 2.23 bits per heavy atom. The van der Waals surface area contributed by atoms with Crippen LogP contribution in [0.25, 0.3) is 5.52 Å². The quantitative estimate of drug-likeness (QED) is 0.712. The number of ether oxygens (including phenoxy) is 1. The van der Waals surface area contributed by atoms with Crippen LogP contribution in [0.4, 0.5) is 5.69 Å². The second-order valence-corrected chi connectivity index (χ2v) is 2.91. The number of hydrogen-bond acceptors (Lipinski definition) is 3. The van der Waals surface area contributed by atoms with Crippen LogP contribution in [0.2, 0.25) is 0 Å². The van der Waals surface area contributed by atoms with Crippen molar-refractivity contribution in [2.24, 2.45) is 0 Å². The van der Waals surface area contributed by atoms with E-state index in [0.29, 0.717) is 11.6 Å². The van der Waals surface area contributed by atoms with Crippen LogP contribution in [0.15, 0.2) is 18.2 Å². The molecule has 0 bridgehead atoms. The van der Waals surface area contributed by atoms with Crippen molar-refractivity contribution in [1.29, 1.82) is 0 Å². The van der Waals surface area contributed by atoms with Crippen LogP contribution in [-0.2, 0) is 0 Å². The second-order valence-electron chi connectivity index (χ2n) is 2.91. The Balaban J connectivity index is 2.83. The maximum absolute atomic E-state index is 5.78. The van der Waals surface area contributed by atoms with Gasteiger partial charge in [-0.25, -0.2) is 0 Å². The van der Waals surface area contributed by atoms with Gasteiger partial charge in [-0.3, -0.25) is 0 Å². The number of nitrogens with zero attached hydrogens (tertiary/aromatic N) is 2. The van der Waals surface area contributed by atoms with E-state index < -0.39 is 0 Å². The summed E-state index contributed by atoms with van der Waals surface area (Å²) in [5.74, 6) is 0.692. The van der Waals surface area contributed by atoms with Gasteiger partial charge in [0.2, 0.25) is 5.88 Å². The SMILES string of the molecule is COc1ccc(N)c2cc(C)nn12. The van der Waals surface area contributed by atoms with Gasteiger partial charge in [-0.15, -0.1) is 0 Å². The number of methoxy groups -OCH3 is 1. The summed E-state index contributed by atoms with van der Waals surface area (Å²) in [5, 5.41) is 4.26. The van der Waals surface area contributed by atoms with Gasteiger partial charge in [0.15, 0.2) is 0 Å². The Labute approximate surface area is 75.9 Å². The molecule has 0 unspecified atom stereocenters. The van der Waals surface area contributed by atoms with Gasteiger partial charge in [0, 0.05) is 6.07 Å². The van der Waals surface area contributed by atoms with E-state index in [0.717, 1.165) is 11.2 Å². The van der Waals surface area contributed by atoms with Gasteiger partial charge in [0.1, 0.15) is 0 Å². The first kappa shape index (κ1) is 7.91. The number of aromatic nitrogens is 2. The molecular weight excluding hydrogens is 166 g/mol. The summed E-state index contributed by atoms with van der Waals surface area (Å²) in [5.41, 5.74) is 8.30. The Morgan fingerprint density at radius 3 is 2.92 bits per heavy atom. The molecule has 0 aliphatic heterocycles. The van der Waals surface area contributed by atoms with E-state index in [2.05, 4.69) is 5.10 Å². The molecule has 0 radical (unpaired) electrons. The summed E-state index contributed by atoms with van der Waals surface area (Å²) < 4.78 is 6.84. The lowest BCUT2D eigenvalue weighted by Crippen LogP contribution is -1.98. The highest BCUT2D eigenvalue weighted by molar-refractivity contribution is 5.70. The molecule has 13 heavy (non-hydrogen) atoms. The maximum atomic E-state index is 5.78. The van der Waals surface area contributed by atoms with Gasteiger partial charge in [0.25, 0.3) is 0 Å². The Kier molecular flexibility index (Phi) is 1.62. The molecule has 2 rings (SSSR count). The van der Waals surface area contributed by atoms with Gasteiger partial charge < -0.3 is 10.5 Å². The predicted octanol–water partition coefficient (Wildman–Crippen LogP) is 1.23. The fourth-order valence-electron chi connectivity index (χ4n) is 1.34. The summed E-state index contributed by atoms with van der Waals surface area (Å²) in [6.07, 6.45) is 0. The number of nitrogen functional groups attached to an aromatic ring is 1. The van der Waals surface area contributed by atoms with Gasteiger partial charge in [0.05, 0.1) is 24.0 Å². The van der Waals surface area contributed by atoms with Crippen LogP contribution in [0, 0.1) is 6.92 Å². The zero-order valence-corrected chi connectivity index (χ0v) is 7.61. The standard InChI is InChI=1S/C9H11N3O/c1-6-5-8-7(10)3-4-9(13-2)12(8)11-6/h3-5H,10H2,1-2H3. The van der Waals surface area contributed by atoms with Crippen molar-refractivity contribution in [2.45, 2.75) is 6.92 Å². The molecule has 2 heterocycles. The Hall–Kier alpha value is -1.71. The van der Waals surface area contributed by atoms with Crippen LogP contribution in [-0.4, -0.2) is 16.7 Å². The number of fused-ring (bicyclic) bond motifs is 1. The average molecular weight is 177 g/mol. The third-order valence-electron chi connectivity index (χ3n) is 1.95. The minimum Gasteiger partial charge on any atom is -0.481 e. The lowest BCUT2D eigenvalue weighted by atomic mass is 10.3. The van der Waals surface area contributed by atoms with E-state index in [1.807, 2.05) is 19.1 Å². The van der Waals surface area contributed by atoms with Crippen molar-refractivity contribution in [2.75, 3.05) is 12.8 Å². The van der Waals surface area contributed by atoms with Crippen molar-refractivity contribution in [3.8, 4) is 5.88 Å². The van der Waals surface area contributed by atoms with E-state index in [4.69, 9.17) is 10.5 Å². The van der Waals surface area contributed by atoms with E-state index in [1.54, 1.807) is 17.7 Å². The molecule has 0 atom stereocenters. The van der Waals surface area contributed by atoms with E-state index in [9.17, 15) is 0 Å². The van der Waals surface area contributed by atoms with Crippen molar-refractivity contribution >= 4 is 11.2 Å². The zero-order chi connectivity index (χ0) is 9.42. The fraction of sp³-hybridized carbons (Fsp3) is 0.222. The number of pyridine rings is 1. The van der Waals surface area contributed by atoms with Crippen LogP contribution in [0.5, 0.6) is 5.88 Å². The summed E-state index contributed by atoms with van der Waals surface area (Å²) in [4.78, 5) is 0. The van der Waals surface area contributed by atoms with Crippen LogP contribution in [0.1, 0.15) is 5.69 Å². The summed E-state index contributed by atoms with van der Waals surface area (Å²) in [6.45, 7) is 1.92. The van der Waals surface area contributed by atoms with Crippen LogP contribution < -0.4 is 10.5 Å². The monoisotopic (exact) mass is 177 g/mol. The smallest absolute Gasteiger partial charge is 0.214 e. The molecule has 2 N–H and O–H groups in total. The first-order chi connectivity index (χ1) is 6.22. The van der Waals surface area contributed by atoms with Crippen molar-refractivity contribution in [3.63, 3.8) is 0 Å². The topological polar surface area (TPSA) is 52.5 Å². The summed E-state index contributed by atoms with van der Waals surface area (Å²) in [6, 6.07) is 5.54. The molecule has 0 amide bonds. The predicted molar refractivity (Wildman–Crippen MR) is 50.9 cm³/mol. The lowest BCUT2D eigenvalue weighted by molar-refractivity contribution is 0.385. The highest BCUT2D eigenvalue weighted by atomic mass is 16.5. The zero-order valence-electron chi connectivity index (χ0n) is 7.61. The normalized spacial score (nSPS) is 10.6. The first-order valence-corrected chi connectivity index (χ1v) is 4.01. The van der Waals surface area contributed by atoms with E-state index in [-0.39, 0.29) is 0 Å². The minimum absolute atomic E-state index is 0.692. The lowest BCUT2D eigenvalue weighted by Gasteiger charge is -2.03.